The van der Waals surface area contributed by atoms with Crippen molar-refractivity contribution in [2.45, 2.75) is 26.4 Å². The van der Waals surface area contributed by atoms with Crippen LogP contribution in [0.1, 0.15) is 13.8 Å². The number of benzene rings is 2. The predicted octanol–water partition coefficient (Wildman–Crippen LogP) is 4.17. The van der Waals surface area contributed by atoms with Crippen molar-refractivity contribution >= 4 is 5.97 Å². The first-order chi connectivity index (χ1) is 11.1. The van der Waals surface area contributed by atoms with Gasteiger partial charge in [0, 0.05) is 6.08 Å². The van der Waals surface area contributed by atoms with Crippen molar-refractivity contribution in [3.05, 3.63) is 67.3 Å². The minimum Gasteiger partial charge on any atom is -0.465 e. The number of carbonyl (C=O) groups is 1. The van der Waals surface area contributed by atoms with Crippen LogP contribution in [-0.2, 0) is 14.3 Å². The highest BCUT2D eigenvalue weighted by molar-refractivity contribution is 5.81. The van der Waals surface area contributed by atoms with E-state index < -0.39 is 18.5 Å². The summed E-state index contributed by atoms with van der Waals surface area (Å²) >= 11 is 0. The molecule has 23 heavy (non-hydrogen) atoms. The molecule has 0 saturated heterocycles. The lowest BCUT2D eigenvalue weighted by molar-refractivity contribution is -0.204. The fraction of sp³-hybridized carbons (Fsp3) is 0.211. The van der Waals surface area contributed by atoms with Crippen LogP contribution in [0.15, 0.2) is 67.3 Å². The van der Waals surface area contributed by atoms with E-state index in [4.69, 9.17) is 14.2 Å². The van der Waals surface area contributed by atoms with Crippen molar-refractivity contribution in [2.75, 3.05) is 0 Å². The van der Waals surface area contributed by atoms with Crippen LogP contribution < -0.4 is 4.74 Å². The van der Waals surface area contributed by atoms with E-state index in [1.54, 1.807) is 13.8 Å². The maximum atomic E-state index is 11.1. The third-order valence-corrected chi connectivity index (χ3v) is 3.10. The Labute approximate surface area is 136 Å². The van der Waals surface area contributed by atoms with Crippen LogP contribution >= 0.6 is 0 Å². The monoisotopic (exact) mass is 312 g/mol. The van der Waals surface area contributed by atoms with Crippen molar-refractivity contribution in [3.8, 4) is 16.9 Å². The van der Waals surface area contributed by atoms with Gasteiger partial charge in [0.1, 0.15) is 5.75 Å². The highest BCUT2D eigenvalue weighted by Crippen LogP contribution is 2.22. The second-order valence-corrected chi connectivity index (χ2v) is 4.92. The van der Waals surface area contributed by atoms with Crippen LogP contribution in [0.2, 0.25) is 0 Å². The average Bonchev–Trinajstić information content (AvgIpc) is 2.56. The highest BCUT2D eigenvalue weighted by atomic mass is 16.8. The fourth-order valence-corrected chi connectivity index (χ4v) is 2.09. The number of rotatable bonds is 7. The zero-order valence-electron chi connectivity index (χ0n) is 13.3. The van der Waals surface area contributed by atoms with Gasteiger partial charge in [0.25, 0.3) is 0 Å². The molecule has 2 aromatic rings. The topological polar surface area (TPSA) is 44.8 Å². The molecule has 2 atom stereocenters. The first-order valence-corrected chi connectivity index (χ1v) is 7.39. The van der Waals surface area contributed by atoms with Gasteiger partial charge in [-0.15, -0.1) is 0 Å². The lowest BCUT2D eigenvalue weighted by Crippen LogP contribution is -2.25. The van der Waals surface area contributed by atoms with Gasteiger partial charge in [-0.2, -0.15) is 0 Å². The summed E-state index contributed by atoms with van der Waals surface area (Å²) in [4.78, 5) is 11.1. The Bertz CT molecular complexity index is 634. The maximum Gasteiger partial charge on any atom is 0.332 e. The lowest BCUT2D eigenvalue weighted by atomic mass is 10.1. The molecule has 4 nitrogen and oxygen atoms in total. The summed E-state index contributed by atoms with van der Waals surface area (Å²) in [5.41, 5.74) is 2.26. The van der Waals surface area contributed by atoms with Gasteiger partial charge in [-0.25, -0.2) is 4.79 Å². The standard InChI is InChI=1S/C19H20O4/c1-4-19(20)23-15(3)21-14(2)22-18-12-10-17(11-13-18)16-8-6-5-7-9-16/h4-15H,1H2,2-3H3. The van der Waals surface area contributed by atoms with Crippen molar-refractivity contribution in [3.63, 3.8) is 0 Å². The molecule has 0 aromatic heterocycles. The molecule has 0 N–H and O–H groups in total. The summed E-state index contributed by atoms with van der Waals surface area (Å²) in [7, 11) is 0. The lowest BCUT2D eigenvalue weighted by Gasteiger charge is -2.20. The average molecular weight is 312 g/mol. The Kier molecular flexibility index (Phi) is 5.94. The normalized spacial score (nSPS) is 13.0. The van der Waals surface area contributed by atoms with E-state index in [9.17, 15) is 4.79 Å². The van der Waals surface area contributed by atoms with Crippen molar-refractivity contribution in [2.24, 2.45) is 0 Å². The number of hydrogen-bond acceptors (Lipinski definition) is 4. The van der Waals surface area contributed by atoms with E-state index in [0.29, 0.717) is 5.75 Å². The van der Waals surface area contributed by atoms with E-state index in [1.807, 2.05) is 42.5 Å². The molecule has 0 heterocycles. The number of esters is 1. The van der Waals surface area contributed by atoms with Crippen LogP contribution in [0.3, 0.4) is 0 Å². The van der Waals surface area contributed by atoms with E-state index in [0.717, 1.165) is 17.2 Å². The summed E-state index contributed by atoms with van der Waals surface area (Å²) in [6.45, 7) is 6.70. The van der Waals surface area contributed by atoms with Gasteiger partial charge < -0.3 is 14.2 Å². The molecular weight excluding hydrogens is 292 g/mol. The molecule has 0 saturated carbocycles. The third-order valence-electron chi connectivity index (χ3n) is 3.10. The summed E-state index contributed by atoms with van der Waals surface area (Å²) in [5, 5.41) is 0. The smallest absolute Gasteiger partial charge is 0.332 e. The highest BCUT2D eigenvalue weighted by Gasteiger charge is 2.12. The molecule has 2 rings (SSSR count). The molecule has 0 aliphatic rings. The molecule has 2 unspecified atom stereocenters. The molecular formula is C19H20O4. The fourth-order valence-electron chi connectivity index (χ4n) is 2.09. The maximum absolute atomic E-state index is 11.1. The third kappa shape index (κ3) is 5.27. The molecule has 0 bridgehead atoms. The van der Waals surface area contributed by atoms with E-state index in [2.05, 4.69) is 18.7 Å². The summed E-state index contributed by atoms with van der Waals surface area (Å²) in [6.07, 6.45) is -0.169. The molecule has 0 aliphatic heterocycles. The van der Waals surface area contributed by atoms with E-state index in [-0.39, 0.29) is 0 Å². The summed E-state index contributed by atoms with van der Waals surface area (Å²) in [6, 6.07) is 17.8. The second kappa shape index (κ2) is 8.15. The first kappa shape index (κ1) is 16.8. The molecule has 0 amide bonds. The van der Waals surface area contributed by atoms with Gasteiger partial charge in [0.15, 0.2) is 0 Å². The van der Waals surface area contributed by atoms with Crippen molar-refractivity contribution < 1.29 is 19.0 Å². The molecule has 0 aliphatic carbocycles. The predicted molar refractivity (Wildman–Crippen MR) is 88.8 cm³/mol. The van der Waals surface area contributed by atoms with Crippen LogP contribution in [0.4, 0.5) is 0 Å². The van der Waals surface area contributed by atoms with Gasteiger partial charge >= 0.3 is 5.97 Å². The second-order valence-electron chi connectivity index (χ2n) is 4.92. The van der Waals surface area contributed by atoms with Crippen LogP contribution in [0.25, 0.3) is 11.1 Å². The van der Waals surface area contributed by atoms with E-state index >= 15 is 0 Å². The molecule has 4 heteroatoms. The quantitative estimate of drug-likeness (QED) is 0.437. The Morgan fingerprint density at radius 2 is 1.57 bits per heavy atom. The molecule has 0 spiro atoms. The number of carbonyl (C=O) groups excluding carboxylic acids is 1. The number of ether oxygens (including phenoxy) is 3. The zero-order chi connectivity index (χ0) is 16.7. The Morgan fingerprint density at radius 3 is 2.17 bits per heavy atom. The van der Waals surface area contributed by atoms with Crippen LogP contribution in [-0.4, -0.2) is 18.5 Å². The van der Waals surface area contributed by atoms with Crippen LogP contribution in [0, 0.1) is 0 Å². The zero-order valence-corrected chi connectivity index (χ0v) is 13.3. The Balaban J connectivity index is 1.90. The SMILES string of the molecule is C=CC(=O)OC(C)OC(C)Oc1ccc(-c2ccccc2)cc1. The molecule has 2 aromatic carbocycles. The number of hydrogen-bond donors (Lipinski definition) is 0. The van der Waals surface area contributed by atoms with Gasteiger partial charge in [-0.1, -0.05) is 49.0 Å². The van der Waals surface area contributed by atoms with Gasteiger partial charge in [0.2, 0.25) is 12.6 Å². The van der Waals surface area contributed by atoms with Crippen molar-refractivity contribution in [1.29, 1.82) is 0 Å². The minimum atomic E-state index is -0.709. The largest absolute Gasteiger partial charge is 0.465 e. The molecule has 0 radical (unpaired) electrons. The Hall–Kier alpha value is -2.59. The molecule has 120 valence electrons. The van der Waals surface area contributed by atoms with Crippen molar-refractivity contribution in [1.82, 2.24) is 0 Å². The van der Waals surface area contributed by atoms with E-state index in [1.165, 1.54) is 0 Å². The van der Waals surface area contributed by atoms with Gasteiger partial charge in [-0.05, 0) is 37.1 Å². The first-order valence-electron chi connectivity index (χ1n) is 7.39. The summed E-state index contributed by atoms with van der Waals surface area (Å²) in [5.74, 6) is 0.149. The summed E-state index contributed by atoms with van der Waals surface area (Å²) < 4.78 is 16.0. The van der Waals surface area contributed by atoms with Crippen LogP contribution in [0.5, 0.6) is 5.75 Å². The Morgan fingerprint density at radius 1 is 0.957 bits per heavy atom. The van der Waals surface area contributed by atoms with Gasteiger partial charge in [-0.3, -0.25) is 0 Å². The molecule has 0 fully saturated rings. The van der Waals surface area contributed by atoms with Gasteiger partial charge in [0.05, 0.1) is 0 Å². The minimum absolute atomic E-state index is 0.531.